The summed E-state index contributed by atoms with van der Waals surface area (Å²) in [6.07, 6.45) is 2.36. The largest absolute Gasteiger partial charge is 0.382 e. The second kappa shape index (κ2) is 5.29. The van der Waals surface area contributed by atoms with Crippen LogP contribution in [-0.2, 0) is 12.8 Å². The summed E-state index contributed by atoms with van der Waals surface area (Å²) in [6.45, 7) is 8.13. The van der Waals surface area contributed by atoms with Crippen LogP contribution in [0.2, 0.25) is 0 Å². The zero-order chi connectivity index (χ0) is 12.4. The Morgan fingerprint density at radius 1 is 1.28 bits per heavy atom. The SMILES string of the molecule is CC1Cc2cc(CCN3CCNCC3)ccc2N1. The number of piperazine rings is 1. The van der Waals surface area contributed by atoms with Gasteiger partial charge >= 0.3 is 0 Å². The summed E-state index contributed by atoms with van der Waals surface area (Å²) in [7, 11) is 0. The van der Waals surface area contributed by atoms with Crippen molar-refractivity contribution in [1.82, 2.24) is 10.2 Å². The first-order chi connectivity index (χ1) is 8.81. The van der Waals surface area contributed by atoms with E-state index in [1.165, 1.54) is 49.3 Å². The smallest absolute Gasteiger partial charge is 0.0375 e. The Bertz CT molecular complexity index is 410. The molecule has 3 rings (SSSR count). The Morgan fingerprint density at radius 3 is 2.94 bits per heavy atom. The topological polar surface area (TPSA) is 27.3 Å². The van der Waals surface area contributed by atoms with Crippen molar-refractivity contribution in [2.45, 2.75) is 25.8 Å². The fourth-order valence-corrected chi connectivity index (χ4v) is 2.98. The van der Waals surface area contributed by atoms with E-state index in [0.717, 1.165) is 13.1 Å². The standard InChI is InChI=1S/C15H23N3/c1-12-10-14-11-13(2-3-15(14)17-12)4-7-18-8-5-16-6-9-18/h2-3,11-12,16-17H,4-10H2,1H3. The van der Waals surface area contributed by atoms with Gasteiger partial charge in [-0.05, 0) is 37.0 Å². The summed E-state index contributed by atoms with van der Waals surface area (Å²) in [4.78, 5) is 2.56. The molecule has 1 atom stereocenters. The van der Waals surface area contributed by atoms with Gasteiger partial charge in [-0.15, -0.1) is 0 Å². The number of rotatable bonds is 3. The van der Waals surface area contributed by atoms with E-state index in [0.29, 0.717) is 6.04 Å². The van der Waals surface area contributed by atoms with Crippen LogP contribution in [0.1, 0.15) is 18.1 Å². The molecule has 1 aromatic carbocycles. The maximum absolute atomic E-state index is 3.51. The van der Waals surface area contributed by atoms with Crippen LogP contribution in [0.25, 0.3) is 0 Å². The average Bonchev–Trinajstić information content (AvgIpc) is 2.77. The number of nitrogens with one attached hydrogen (secondary N) is 2. The Labute approximate surface area is 110 Å². The number of anilines is 1. The van der Waals surface area contributed by atoms with Crippen LogP contribution in [0.3, 0.4) is 0 Å². The van der Waals surface area contributed by atoms with Gasteiger partial charge in [0.05, 0.1) is 0 Å². The molecule has 18 heavy (non-hydrogen) atoms. The highest BCUT2D eigenvalue weighted by Crippen LogP contribution is 2.26. The number of hydrogen-bond donors (Lipinski definition) is 2. The van der Waals surface area contributed by atoms with Gasteiger partial charge in [-0.2, -0.15) is 0 Å². The normalized spacial score (nSPS) is 23.7. The molecule has 1 fully saturated rings. The first-order valence-corrected chi connectivity index (χ1v) is 7.13. The molecule has 0 radical (unpaired) electrons. The molecule has 3 nitrogen and oxygen atoms in total. The van der Waals surface area contributed by atoms with Crippen LogP contribution in [0.4, 0.5) is 5.69 Å². The van der Waals surface area contributed by atoms with Crippen LogP contribution in [-0.4, -0.2) is 43.7 Å². The molecule has 98 valence electrons. The highest BCUT2D eigenvalue weighted by atomic mass is 15.2. The van der Waals surface area contributed by atoms with Crippen molar-refractivity contribution in [2.24, 2.45) is 0 Å². The van der Waals surface area contributed by atoms with E-state index in [1.807, 2.05) is 0 Å². The molecule has 0 saturated carbocycles. The van der Waals surface area contributed by atoms with Gasteiger partial charge < -0.3 is 15.5 Å². The first kappa shape index (κ1) is 12.0. The summed E-state index contributed by atoms with van der Waals surface area (Å²) in [5.74, 6) is 0. The van der Waals surface area contributed by atoms with E-state index >= 15 is 0 Å². The van der Waals surface area contributed by atoms with E-state index in [9.17, 15) is 0 Å². The quantitative estimate of drug-likeness (QED) is 0.845. The zero-order valence-corrected chi connectivity index (χ0v) is 11.2. The Balaban J connectivity index is 1.58. The predicted molar refractivity (Wildman–Crippen MR) is 76.2 cm³/mol. The molecule has 0 amide bonds. The summed E-state index contributed by atoms with van der Waals surface area (Å²) in [5.41, 5.74) is 4.33. The van der Waals surface area contributed by atoms with Gasteiger partial charge in [0.1, 0.15) is 0 Å². The number of nitrogens with zero attached hydrogens (tertiary/aromatic N) is 1. The Hall–Kier alpha value is -1.06. The van der Waals surface area contributed by atoms with Crippen molar-refractivity contribution in [3.05, 3.63) is 29.3 Å². The molecule has 0 spiro atoms. The van der Waals surface area contributed by atoms with Crippen LogP contribution >= 0.6 is 0 Å². The molecule has 1 saturated heterocycles. The molecule has 2 aliphatic rings. The van der Waals surface area contributed by atoms with Crippen molar-refractivity contribution >= 4 is 5.69 Å². The zero-order valence-electron chi connectivity index (χ0n) is 11.2. The molecule has 1 unspecified atom stereocenters. The van der Waals surface area contributed by atoms with E-state index in [-0.39, 0.29) is 0 Å². The van der Waals surface area contributed by atoms with Crippen LogP contribution < -0.4 is 10.6 Å². The molecule has 2 N–H and O–H groups in total. The maximum Gasteiger partial charge on any atom is 0.0375 e. The van der Waals surface area contributed by atoms with E-state index in [1.54, 1.807) is 0 Å². The van der Waals surface area contributed by atoms with Crippen molar-refractivity contribution < 1.29 is 0 Å². The minimum atomic E-state index is 0.600. The van der Waals surface area contributed by atoms with E-state index in [2.05, 4.69) is 40.7 Å². The minimum Gasteiger partial charge on any atom is -0.382 e. The van der Waals surface area contributed by atoms with Crippen molar-refractivity contribution in [3.63, 3.8) is 0 Å². The highest BCUT2D eigenvalue weighted by molar-refractivity contribution is 5.57. The number of fused-ring (bicyclic) bond motifs is 1. The van der Waals surface area contributed by atoms with E-state index in [4.69, 9.17) is 0 Å². The van der Waals surface area contributed by atoms with E-state index < -0.39 is 0 Å². The summed E-state index contributed by atoms with van der Waals surface area (Å²) >= 11 is 0. The number of benzene rings is 1. The third-order valence-electron chi connectivity index (χ3n) is 4.02. The lowest BCUT2D eigenvalue weighted by Crippen LogP contribution is -2.44. The lowest BCUT2D eigenvalue weighted by atomic mass is 10.0. The van der Waals surface area contributed by atoms with Gasteiger partial charge in [0.2, 0.25) is 0 Å². The third kappa shape index (κ3) is 2.68. The number of hydrogen-bond acceptors (Lipinski definition) is 3. The van der Waals surface area contributed by atoms with Gasteiger partial charge in [0.15, 0.2) is 0 Å². The van der Waals surface area contributed by atoms with Gasteiger partial charge in [0, 0.05) is 44.5 Å². The molecular formula is C15H23N3. The molecule has 3 heteroatoms. The van der Waals surface area contributed by atoms with Crippen LogP contribution in [0, 0.1) is 0 Å². The lowest BCUT2D eigenvalue weighted by Gasteiger charge is -2.27. The van der Waals surface area contributed by atoms with Crippen molar-refractivity contribution in [3.8, 4) is 0 Å². The minimum absolute atomic E-state index is 0.600. The molecule has 0 aromatic heterocycles. The fourth-order valence-electron chi connectivity index (χ4n) is 2.98. The van der Waals surface area contributed by atoms with Gasteiger partial charge in [-0.1, -0.05) is 12.1 Å². The fraction of sp³-hybridized carbons (Fsp3) is 0.600. The average molecular weight is 245 g/mol. The molecule has 2 aliphatic heterocycles. The van der Waals surface area contributed by atoms with Crippen LogP contribution in [0.15, 0.2) is 18.2 Å². The Morgan fingerprint density at radius 2 is 2.11 bits per heavy atom. The molecule has 1 aromatic rings. The molecular weight excluding hydrogens is 222 g/mol. The first-order valence-electron chi connectivity index (χ1n) is 7.13. The second-order valence-electron chi connectivity index (χ2n) is 5.58. The monoisotopic (exact) mass is 245 g/mol. The highest BCUT2D eigenvalue weighted by Gasteiger charge is 2.16. The van der Waals surface area contributed by atoms with Crippen molar-refractivity contribution in [1.29, 1.82) is 0 Å². The third-order valence-corrected chi connectivity index (χ3v) is 4.02. The summed E-state index contributed by atoms with van der Waals surface area (Å²) in [5, 5.41) is 6.91. The summed E-state index contributed by atoms with van der Waals surface area (Å²) in [6, 6.07) is 7.54. The molecule has 0 aliphatic carbocycles. The lowest BCUT2D eigenvalue weighted by molar-refractivity contribution is 0.244. The van der Waals surface area contributed by atoms with Crippen molar-refractivity contribution in [2.75, 3.05) is 38.0 Å². The molecule has 2 heterocycles. The Kier molecular flexibility index (Phi) is 3.52. The predicted octanol–water partition coefficient (Wildman–Crippen LogP) is 1.49. The second-order valence-corrected chi connectivity index (χ2v) is 5.58. The summed E-state index contributed by atoms with van der Waals surface area (Å²) < 4.78 is 0. The van der Waals surface area contributed by atoms with Gasteiger partial charge in [-0.25, -0.2) is 0 Å². The van der Waals surface area contributed by atoms with Gasteiger partial charge in [0.25, 0.3) is 0 Å². The molecule has 0 bridgehead atoms. The van der Waals surface area contributed by atoms with Gasteiger partial charge in [-0.3, -0.25) is 0 Å². The van der Waals surface area contributed by atoms with Crippen LogP contribution in [0.5, 0.6) is 0 Å². The maximum atomic E-state index is 3.51.